The number of rotatable bonds is 6. The van der Waals surface area contributed by atoms with Crippen molar-refractivity contribution in [3.8, 4) is 0 Å². The van der Waals surface area contributed by atoms with Gasteiger partial charge in [0.2, 0.25) is 0 Å². The highest BCUT2D eigenvalue weighted by Crippen LogP contribution is 2.28. The highest BCUT2D eigenvalue weighted by Gasteiger charge is 2.29. The van der Waals surface area contributed by atoms with Gasteiger partial charge in [0, 0.05) is 12.6 Å². The summed E-state index contributed by atoms with van der Waals surface area (Å²) >= 11 is 0. The smallest absolute Gasteiger partial charge is 0.379 e. The summed E-state index contributed by atoms with van der Waals surface area (Å²) in [4.78, 5) is 22.0. The molecule has 0 unspecified atom stereocenters. The fraction of sp³-hybridized carbons (Fsp3) is 0.417. The second kappa shape index (κ2) is 6.91. The van der Waals surface area contributed by atoms with Crippen LogP contribution >= 0.6 is 0 Å². The molecular weight excluding hydrogens is 291 g/mol. The molecule has 1 rings (SSSR count). The molecule has 0 aromatic heterocycles. The van der Waals surface area contributed by atoms with Gasteiger partial charge in [0.15, 0.2) is 0 Å². The number of nitro benzene ring substituents is 1. The molecule has 21 heavy (non-hydrogen) atoms. The fourth-order valence-electron chi connectivity index (χ4n) is 1.59. The van der Waals surface area contributed by atoms with Gasteiger partial charge in [0.1, 0.15) is 12.2 Å². The van der Waals surface area contributed by atoms with Gasteiger partial charge >= 0.3 is 6.18 Å². The van der Waals surface area contributed by atoms with Gasteiger partial charge in [-0.05, 0) is 12.5 Å². The number of carbonyl (C=O) groups is 1. The second-order valence-electron chi connectivity index (χ2n) is 4.18. The number of alkyl halides is 3. The molecule has 0 saturated heterocycles. The molecule has 0 aliphatic rings. The van der Waals surface area contributed by atoms with E-state index in [4.69, 9.17) is 0 Å². The number of amides is 1. The van der Waals surface area contributed by atoms with Crippen molar-refractivity contribution >= 4 is 17.3 Å². The molecule has 1 aromatic rings. The van der Waals surface area contributed by atoms with Crippen LogP contribution < -0.4 is 10.6 Å². The maximum atomic E-state index is 12.1. The molecule has 116 valence electrons. The Hall–Kier alpha value is -2.32. The predicted octanol–water partition coefficient (Wildman–Crippen LogP) is 2.71. The summed E-state index contributed by atoms with van der Waals surface area (Å²) in [5.74, 6) is -1.02. The lowest BCUT2D eigenvalue weighted by atomic mass is 10.1. The topological polar surface area (TPSA) is 84.3 Å². The number of hydrogen-bond donors (Lipinski definition) is 2. The molecule has 0 radical (unpaired) electrons. The van der Waals surface area contributed by atoms with E-state index in [0.717, 1.165) is 0 Å². The zero-order chi connectivity index (χ0) is 16.0. The van der Waals surface area contributed by atoms with Crippen LogP contribution in [-0.4, -0.2) is 30.1 Å². The Morgan fingerprint density at radius 1 is 1.38 bits per heavy atom. The van der Waals surface area contributed by atoms with Crippen molar-refractivity contribution in [2.45, 2.75) is 19.5 Å². The summed E-state index contributed by atoms with van der Waals surface area (Å²) in [7, 11) is 0. The van der Waals surface area contributed by atoms with Gasteiger partial charge in [-0.25, -0.2) is 0 Å². The minimum Gasteiger partial charge on any atom is -0.379 e. The van der Waals surface area contributed by atoms with E-state index < -0.39 is 23.6 Å². The molecule has 1 amide bonds. The van der Waals surface area contributed by atoms with Crippen molar-refractivity contribution < 1.29 is 22.9 Å². The summed E-state index contributed by atoms with van der Waals surface area (Å²) in [6, 6.07) is 3.66. The largest absolute Gasteiger partial charge is 0.405 e. The summed E-state index contributed by atoms with van der Waals surface area (Å²) in [5, 5.41) is 15.3. The van der Waals surface area contributed by atoms with Gasteiger partial charge < -0.3 is 10.6 Å². The fourth-order valence-corrected chi connectivity index (χ4v) is 1.59. The van der Waals surface area contributed by atoms with Crippen molar-refractivity contribution in [1.29, 1.82) is 0 Å². The number of anilines is 1. The van der Waals surface area contributed by atoms with E-state index >= 15 is 0 Å². The molecule has 0 atom stereocenters. The molecule has 6 nitrogen and oxygen atoms in total. The Morgan fingerprint density at radius 3 is 2.57 bits per heavy atom. The molecular formula is C12H14F3N3O3. The second-order valence-corrected chi connectivity index (χ2v) is 4.18. The molecule has 0 heterocycles. The van der Waals surface area contributed by atoms with Crippen LogP contribution in [0.5, 0.6) is 0 Å². The number of hydrogen-bond acceptors (Lipinski definition) is 4. The van der Waals surface area contributed by atoms with Crippen LogP contribution in [0.1, 0.15) is 23.7 Å². The van der Waals surface area contributed by atoms with E-state index in [2.05, 4.69) is 5.32 Å². The number of nitrogens with one attached hydrogen (secondary N) is 2. The summed E-state index contributed by atoms with van der Waals surface area (Å²) in [6.45, 7) is 0.664. The van der Waals surface area contributed by atoms with Crippen LogP contribution in [-0.2, 0) is 0 Å². The van der Waals surface area contributed by atoms with E-state index in [1.807, 2.05) is 6.92 Å². The average Bonchev–Trinajstić information content (AvgIpc) is 2.41. The number of nitrogens with zero attached hydrogens (tertiary/aromatic N) is 1. The minimum atomic E-state index is -4.55. The Morgan fingerprint density at radius 2 is 2.05 bits per heavy atom. The van der Waals surface area contributed by atoms with Gasteiger partial charge in [-0.15, -0.1) is 0 Å². The maximum Gasteiger partial charge on any atom is 0.405 e. The monoisotopic (exact) mass is 305 g/mol. The van der Waals surface area contributed by atoms with Crippen molar-refractivity contribution in [2.24, 2.45) is 0 Å². The van der Waals surface area contributed by atoms with E-state index in [-0.39, 0.29) is 16.9 Å². The minimum absolute atomic E-state index is 0.0796. The van der Waals surface area contributed by atoms with Crippen molar-refractivity contribution in [1.82, 2.24) is 5.32 Å². The molecule has 0 fully saturated rings. The standard InChI is InChI=1S/C12H14F3N3O3/c1-2-6-16-10-8(4-3-5-9(10)18(20)21)11(19)17-7-12(13,14)15/h3-5,16H,2,6-7H2,1H3,(H,17,19). The van der Waals surface area contributed by atoms with Crippen molar-refractivity contribution in [3.05, 3.63) is 33.9 Å². The van der Waals surface area contributed by atoms with Gasteiger partial charge in [-0.3, -0.25) is 14.9 Å². The Kier molecular flexibility index (Phi) is 5.51. The molecule has 9 heteroatoms. The summed E-state index contributed by atoms with van der Waals surface area (Å²) < 4.78 is 36.3. The van der Waals surface area contributed by atoms with Gasteiger partial charge in [-0.1, -0.05) is 13.0 Å². The van der Waals surface area contributed by atoms with Crippen LogP contribution in [0.4, 0.5) is 24.5 Å². The lowest BCUT2D eigenvalue weighted by Gasteiger charge is -2.13. The van der Waals surface area contributed by atoms with E-state index in [0.29, 0.717) is 13.0 Å². The first-order valence-electron chi connectivity index (χ1n) is 6.12. The van der Waals surface area contributed by atoms with E-state index in [9.17, 15) is 28.1 Å². The first-order chi connectivity index (χ1) is 9.76. The quantitative estimate of drug-likeness (QED) is 0.625. The number of benzene rings is 1. The number of halogens is 3. The highest BCUT2D eigenvalue weighted by atomic mass is 19.4. The van der Waals surface area contributed by atoms with Crippen molar-refractivity contribution in [3.63, 3.8) is 0 Å². The first kappa shape index (κ1) is 16.7. The Labute approximate surface area is 118 Å². The maximum absolute atomic E-state index is 12.1. The average molecular weight is 305 g/mol. The molecule has 2 N–H and O–H groups in total. The van der Waals surface area contributed by atoms with Gasteiger partial charge in [0.05, 0.1) is 10.5 Å². The lowest BCUT2D eigenvalue weighted by molar-refractivity contribution is -0.384. The SMILES string of the molecule is CCCNc1c(C(=O)NCC(F)(F)F)cccc1[N+](=O)[O-]. The zero-order valence-corrected chi connectivity index (χ0v) is 11.2. The van der Waals surface area contributed by atoms with Crippen LogP contribution in [0, 0.1) is 10.1 Å². The zero-order valence-electron chi connectivity index (χ0n) is 11.2. The van der Waals surface area contributed by atoms with Gasteiger partial charge in [-0.2, -0.15) is 13.2 Å². The summed E-state index contributed by atoms with van der Waals surface area (Å²) in [6.07, 6.45) is -3.91. The molecule has 0 aliphatic heterocycles. The number of para-hydroxylation sites is 1. The number of carbonyl (C=O) groups excluding carboxylic acids is 1. The molecule has 1 aromatic carbocycles. The van der Waals surface area contributed by atoms with Crippen LogP contribution in [0.15, 0.2) is 18.2 Å². The molecule has 0 aliphatic carbocycles. The third-order valence-corrected chi connectivity index (χ3v) is 2.48. The first-order valence-corrected chi connectivity index (χ1v) is 6.12. The normalized spacial score (nSPS) is 11.0. The lowest BCUT2D eigenvalue weighted by Crippen LogP contribution is -2.34. The van der Waals surface area contributed by atoms with E-state index in [1.54, 1.807) is 5.32 Å². The predicted molar refractivity (Wildman–Crippen MR) is 70.3 cm³/mol. The number of nitro groups is 1. The molecule has 0 spiro atoms. The highest BCUT2D eigenvalue weighted by molar-refractivity contribution is 6.01. The third kappa shape index (κ3) is 4.93. The van der Waals surface area contributed by atoms with Gasteiger partial charge in [0.25, 0.3) is 11.6 Å². The van der Waals surface area contributed by atoms with Crippen LogP contribution in [0.3, 0.4) is 0 Å². The third-order valence-electron chi connectivity index (χ3n) is 2.48. The molecule has 0 saturated carbocycles. The Bertz CT molecular complexity index is 532. The van der Waals surface area contributed by atoms with Crippen LogP contribution in [0.2, 0.25) is 0 Å². The summed E-state index contributed by atoms with van der Waals surface area (Å²) in [5.41, 5.74) is -0.631. The Balaban J connectivity index is 3.07. The van der Waals surface area contributed by atoms with Crippen LogP contribution in [0.25, 0.3) is 0 Å². The van der Waals surface area contributed by atoms with Crippen molar-refractivity contribution in [2.75, 3.05) is 18.4 Å². The molecule has 0 bridgehead atoms. The van der Waals surface area contributed by atoms with E-state index in [1.165, 1.54) is 18.2 Å².